The Bertz CT molecular complexity index is 765. The lowest BCUT2D eigenvalue weighted by molar-refractivity contribution is 0.135. The molecule has 0 amide bonds. The van der Waals surface area contributed by atoms with Crippen LogP contribution in [0.4, 0.5) is 0 Å². The Morgan fingerprint density at radius 1 is 0.643 bits per heavy atom. The van der Waals surface area contributed by atoms with Crippen LogP contribution in [0.2, 0.25) is 0 Å². The van der Waals surface area contributed by atoms with Gasteiger partial charge in [0.05, 0.1) is 13.2 Å². The van der Waals surface area contributed by atoms with Gasteiger partial charge < -0.3 is 4.74 Å². The predicted octanol–water partition coefficient (Wildman–Crippen LogP) is 6.64. The summed E-state index contributed by atoms with van der Waals surface area (Å²) in [6.45, 7) is 5.66. The van der Waals surface area contributed by atoms with Gasteiger partial charge in [0.15, 0.2) is 0 Å². The monoisotopic (exact) mass is 370 g/mol. The molecule has 0 unspecified atom stereocenters. The minimum Gasteiger partial charge on any atom is -0.372 e. The second-order valence-corrected chi connectivity index (χ2v) is 7.38. The first kappa shape index (κ1) is 20.1. The first-order valence-electron chi connectivity index (χ1n) is 10.2. The highest BCUT2D eigenvalue weighted by Gasteiger charge is 2.14. The van der Waals surface area contributed by atoms with Crippen LogP contribution >= 0.6 is 0 Å². The van der Waals surface area contributed by atoms with Crippen LogP contribution in [0.5, 0.6) is 0 Å². The Morgan fingerprint density at radius 3 is 1.54 bits per heavy atom. The number of hydrogen-bond donors (Lipinski definition) is 0. The first-order chi connectivity index (χ1) is 13.8. The molecule has 3 aromatic rings. The molecule has 0 aliphatic heterocycles. The maximum absolute atomic E-state index is 5.97. The van der Waals surface area contributed by atoms with Crippen molar-refractivity contribution >= 4 is 0 Å². The summed E-state index contributed by atoms with van der Waals surface area (Å²) in [5, 5.41) is 0. The largest absolute Gasteiger partial charge is 0.372 e. The topological polar surface area (TPSA) is 9.23 Å². The molecule has 0 N–H and O–H groups in total. The van der Waals surface area contributed by atoms with E-state index in [2.05, 4.69) is 91.5 Å². The minimum atomic E-state index is 0.469. The smallest absolute Gasteiger partial charge is 0.0721 e. The van der Waals surface area contributed by atoms with Crippen LogP contribution < -0.4 is 0 Å². The summed E-state index contributed by atoms with van der Waals surface area (Å²) in [5.41, 5.74) is 5.21. The van der Waals surface area contributed by atoms with E-state index in [0.717, 1.165) is 25.7 Å². The van der Waals surface area contributed by atoms with Crippen molar-refractivity contribution in [3.63, 3.8) is 0 Å². The summed E-state index contributed by atoms with van der Waals surface area (Å²) in [6.07, 6.45) is 4.39. The number of benzene rings is 3. The second kappa shape index (κ2) is 11.3. The molecule has 0 aliphatic carbocycles. The van der Waals surface area contributed by atoms with Crippen molar-refractivity contribution in [2.75, 3.05) is 6.61 Å². The van der Waals surface area contributed by atoms with Crippen molar-refractivity contribution in [3.8, 4) is 0 Å². The van der Waals surface area contributed by atoms with Crippen LogP contribution in [0, 0.1) is 5.92 Å². The minimum absolute atomic E-state index is 0.469. The van der Waals surface area contributed by atoms with Crippen LogP contribution in [0.3, 0.4) is 0 Å². The average molecular weight is 371 g/mol. The van der Waals surface area contributed by atoms with Crippen LogP contribution in [0.25, 0.3) is 0 Å². The Labute approximate surface area is 169 Å². The van der Waals surface area contributed by atoms with E-state index >= 15 is 0 Å². The molecule has 28 heavy (non-hydrogen) atoms. The van der Waals surface area contributed by atoms with Gasteiger partial charge in [0, 0.05) is 0 Å². The predicted molar refractivity (Wildman–Crippen MR) is 118 cm³/mol. The molecule has 1 nitrogen and oxygen atoms in total. The number of rotatable bonds is 11. The van der Waals surface area contributed by atoms with Gasteiger partial charge in [-0.15, -0.1) is 0 Å². The lowest BCUT2D eigenvalue weighted by atomic mass is 9.88. The quantitative estimate of drug-likeness (QED) is 0.344. The summed E-state index contributed by atoms with van der Waals surface area (Å²) >= 11 is 0. The maximum atomic E-state index is 5.97. The molecule has 0 aromatic heterocycles. The van der Waals surface area contributed by atoms with Crippen LogP contribution in [0.15, 0.2) is 103 Å². The van der Waals surface area contributed by atoms with E-state index in [1.807, 2.05) is 6.07 Å². The van der Waals surface area contributed by atoms with Gasteiger partial charge in [-0.2, -0.15) is 0 Å². The fraction of sp³-hybridized carbons (Fsp3) is 0.259. The Hall–Kier alpha value is -2.64. The molecule has 0 radical (unpaired) electrons. The molecule has 1 heteroatoms. The van der Waals surface area contributed by atoms with Crippen molar-refractivity contribution in [2.45, 2.75) is 32.3 Å². The lowest BCUT2D eigenvalue weighted by Crippen LogP contribution is -2.12. The zero-order valence-corrected chi connectivity index (χ0v) is 16.6. The van der Waals surface area contributed by atoms with Gasteiger partial charge in [0.1, 0.15) is 0 Å². The third kappa shape index (κ3) is 6.83. The molecule has 0 spiro atoms. The van der Waals surface area contributed by atoms with E-state index in [0.29, 0.717) is 19.1 Å². The van der Waals surface area contributed by atoms with Crippen LogP contribution in [-0.2, 0) is 24.2 Å². The molecule has 0 saturated carbocycles. The number of aryl methyl sites for hydroxylation is 2. The van der Waals surface area contributed by atoms with Crippen molar-refractivity contribution < 1.29 is 4.74 Å². The van der Waals surface area contributed by atoms with E-state index in [4.69, 9.17) is 4.74 Å². The van der Waals surface area contributed by atoms with Gasteiger partial charge >= 0.3 is 0 Å². The standard InChI is InChI=1S/C27H30O/c1-23(21-28-22-26-15-9-4-10-16-26)27(19-17-24-11-5-2-6-12-24)20-18-25-13-7-3-8-14-25/h2-16,27H,1,17-22H2. The molecule has 0 aliphatic rings. The number of hydrogen-bond acceptors (Lipinski definition) is 1. The van der Waals surface area contributed by atoms with Crippen molar-refractivity contribution in [1.29, 1.82) is 0 Å². The van der Waals surface area contributed by atoms with E-state index in [1.54, 1.807) is 0 Å². The normalized spacial score (nSPS) is 10.9. The molecule has 0 heterocycles. The fourth-order valence-corrected chi connectivity index (χ4v) is 3.52. The maximum Gasteiger partial charge on any atom is 0.0721 e. The zero-order valence-electron chi connectivity index (χ0n) is 16.6. The molecule has 3 aromatic carbocycles. The molecule has 3 rings (SSSR count). The summed E-state index contributed by atoms with van der Waals surface area (Å²) in [4.78, 5) is 0. The van der Waals surface area contributed by atoms with E-state index in [-0.39, 0.29) is 0 Å². The highest BCUT2D eigenvalue weighted by Crippen LogP contribution is 2.23. The van der Waals surface area contributed by atoms with Crippen LogP contribution in [0.1, 0.15) is 29.5 Å². The zero-order chi connectivity index (χ0) is 19.4. The van der Waals surface area contributed by atoms with Crippen molar-refractivity contribution in [1.82, 2.24) is 0 Å². The van der Waals surface area contributed by atoms with E-state index in [9.17, 15) is 0 Å². The average Bonchev–Trinajstić information content (AvgIpc) is 2.76. The summed E-state index contributed by atoms with van der Waals surface area (Å²) in [5.74, 6) is 0.469. The SMILES string of the molecule is C=C(COCc1ccccc1)C(CCc1ccccc1)CCc1ccccc1. The molecule has 0 saturated heterocycles. The summed E-state index contributed by atoms with van der Waals surface area (Å²) < 4.78 is 5.97. The Morgan fingerprint density at radius 2 is 1.07 bits per heavy atom. The molecular formula is C27H30O. The van der Waals surface area contributed by atoms with Gasteiger partial charge in [0.2, 0.25) is 0 Å². The molecule has 0 atom stereocenters. The van der Waals surface area contributed by atoms with Gasteiger partial charge in [-0.05, 0) is 53.9 Å². The molecule has 144 valence electrons. The van der Waals surface area contributed by atoms with Gasteiger partial charge in [-0.1, -0.05) is 97.6 Å². The van der Waals surface area contributed by atoms with Gasteiger partial charge in [-0.25, -0.2) is 0 Å². The molecule has 0 fully saturated rings. The lowest BCUT2D eigenvalue weighted by Gasteiger charge is -2.20. The Balaban J connectivity index is 1.54. The third-order valence-electron chi connectivity index (χ3n) is 5.22. The first-order valence-corrected chi connectivity index (χ1v) is 10.2. The highest BCUT2D eigenvalue weighted by atomic mass is 16.5. The van der Waals surface area contributed by atoms with E-state index in [1.165, 1.54) is 22.3 Å². The van der Waals surface area contributed by atoms with Gasteiger partial charge in [0.25, 0.3) is 0 Å². The Kier molecular flexibility index (Phi) is 8.08. The molecule has 0 bridgehead atoms. The fourth-order valence-electron chi connectivity index (χ4n) is 3.52. The summed E-state index contributed by atoms with van der Waals surface area (Å²) in [7, 11) is 0. The second-order valence-electron chi connectivity index (χ2n) is 7.38. The molecular weight excluding hydrogens is 340 g/mol. The van der Waals surface area contributed by atoms with Crippen molar-refractivity contribution in [2.24, 2.45) is 5.92 Å². The van der Waals surface area contributed by atoms with Crippen LogP contribution in [-0.4, -0.2) is 6.61 Å². The van der Waals surface area contributed by atoms with E-state index < -0.39 is 0 Å². The number of ether oxygens (including phenoxy) is 1. The van der Waals surface area contributed by atoms with Crippen molar-refractivity contribution in [3.05, 3.63) is 120 Å². The highest BCUT2D eigenvalue weighted by molar-refractivity contribution is 5.18. The van der Waals surface area contributed by atoms with Gasteiger partial charge in [-0.3, -0.25) is 0 Å². The third-order valence-corrected chi connectivity index (χ3v) is 5.22. The summed E-state index contributed by atoms with van der Waals surface area (Å²) in [6, 6.07) is 31.8.